The van der Waals surface area contributed by atoms with E-state index in [2.05, 4.69) is 40.3 Å². The molecule has 0 atom stereocenters. The van der Waals surface area contributed by atoms with Crippen LogP contribution >= 0.6 is 0 Å². The molecule has 3 heterocycles. The number of imidazole rings is 1. The molecule has 7 heteroatoms. The Kier molecular flexibility index (Phi) is 4.88. The van der Waals surface area contributed by atoms with Gasteiger partial charge in [-0.2, -0.15) is 0 Å². The van der Waals surface area contributed by atoms with Crippen LogP contribution in [0.5, 0.6) is 0 Å². The normalized spacial score (nSPS) is 11.3. The van der Waals surface area contributed by atoms with Crippen LogP contribution in [0.15, 0.2) is 48.8 Å². The molecule has 0 bridgehead atoms. The summed E-state index contributed by atoms with van der Waals surface area (Å²) in [5.41, 5.74) is 4.89. The van der Waals surface area contributed by atoms with Gasteiger partial charge in [-0.3, -0.25) is 4.79 Å². The molecule has 4 rings (SSSR count). The zero-order valence-electron chi connectivity index (χ0n) is 17.0. The topological polar surface area (TPSA) is 77.1 Å². The van der Waals surface area contributed by atoms with Crippen LogP contribution in [-0.2, 0) is 6.54 Å². The molecule has 0 aliphatic rings. The van der Waals surface area contributed by atoms with E-state index in [4.69, 9.17) is 0 Å². The van der Waals surface area contributed by atoms with Crippen molar-refractivity contribution in [3.63, 3.8) is 0 Å². The van der Waals surface area contributed by atoms with E-state index < -0.39 is 0 Å². The summed E-state index contributed by atoms with van der Waals surface area (Å²) >= 11 is 0. The van der Waals surface area contributed by atoms with Crippen LogP contribution in [0.4, 0.5) is 0 Å². The number of benzene rings is 1. The Morgan fingerprint density at radius 1 is 1.14 bits per heavy atom. The van der Waals surface area contributed by atoms with Crippen LogP contribution < -0.4 is 5.32 Å². The highest BCUT2D eigenvalue weighted by atomic mass is 16.2. The number of para-hydroxylation sites is 1. The zero-order chi connectivity index (χ0) is 20.5. The van der Waals surface area contributed by atoms with Gasteiger partial charge in [0.25, 0.3) is 5.91 Å². The number of pyridine rings is 1. The predicted octanol–water partition coefficient (Wildman–Crippen LogP) is 3.59. The monoisotopic (exact) mass is 388 g/mol. The molecule has 0 unspecified atom stereocenters. The maximum atomic E-state index is 12.6. The Balaban J connectivity index is 1.53. The molecule has 0 spiro atoms. The van der Waals surface area contributed by atoms with E-state index in [9.17, 15) is 4.79 Å². The maximum absolute atomic E-state index is 12.6. The van der Waals surface area contributed by atoms with Gasteiger partial charge < -0.3 is 9.72 Å². The van der Waals surface area contributed by atoms with E-state index in [1.807, 2.05) is 61.0 Å². The lowest BCUT2D eigenvalue weighted by Crippen LogP contribution is -2.24. The first-order chi connectivity index (χ1) is 13.9. The quantitative estimate of drug-likeness (QED) is 0.567. The predicted molar refractivity (Wildman–Crippen MR) is 111 cm³/mol. The van der Waals surface area contributed by atoms with Gasteiger partial charge >= 0.3 is 0 Å². The van der Waals surface area contributed by atoms with E-state index in [1.54, 1.807) is 4.68 Å². The summed E-state index contributed by atoms with van der Waals surface area (Å²) < 4.78 is 3.67. The van der Waals surface area contributed by atoms with Crippen molar-refractivity contribution in [1.29, 1.82) is 0 Å². The fourth-order valence-electron chi connectivity index (χ4n) is 3.35. The number of nitrogens with zero attached hydrogens (tertiary/aromatic N) is 5. The number of hydrogen-bond acceptors (Lipinski definition) is 4. The van der Waals surface area contributed by atoms with E-state index >= 15 is 0 Å². The van der Waals surface area contributed by atoms with Crippen molar-refractivity contribution in [2.24, 2.45) is 0 Å². The fraction of sp³-hybridized carbons (Fsp3) is 0.273. The lowest BCUT2D eigenvalue weighted by molar-refractivity contribution is 0.0940. The number of carbonyl (C=O) groups excluding carboxylic acids is 1. The van der Waals surface area contributed by atoms with Crippen molar-refractivity contribution >= 4 is 11.6 Å². The Morgan fingerprint density at radius 2 is 1.93 bits per heavy atom. The SMILES string of the molecule is Cc1ccn2cc(CNC(=O)c3nc(C)n(-c4ccccc4C(C)C)n3)nc2c1. The molecule has 0 saturated carbocycles. The molecule has 4 aromatic rings. The highest BCUT2D eigenvalue weighted by Gasteiger charge is 2.17. The van der Waals surface area contributed by atoms with Gasteiger partial charge in [-0.1, -0.05) is 32.0 Å². The molecular weight excluding hydrogens is 364 g/mol. The van der Waals surface area contributed by atoms with Crippen LogP contribution in [0.1, 0.15) is 53.0 Å². The van der Waals surface area contributed by atoms with Gasteiger partial charge in [-0.15, -0.1) is 5.10 Å². The van der Waals surface area contributed by atoms with Crippen molar-refractivity contribution in [3.05, 3.63) is 77.3 Å². The van der Waals surface area contributed by atoms with E-state index in [0.717, 1.165) is 28.2 Å². The summed E-state index contributed by atoms with van der Waals surface area (Å²) in [6.45, 7) is 8.46. The summed E-state index contributed by atoms with van der Waals surface area (Å²) in [6, 6.07) is 12.1. The second-order valence-corrected chi connectivity index (χ2v) is 7.49. The maximum Gasteiger partial charge on any atom is 0.291 e. The van der Waals surface area contributed by atoms with Crippen LogP contribution in [0.2, 0.25) is 0 Å². The first-order valence-electron chi connectivity index (χ1n) is 9.68. The van der Waals surface area contributed by atoms with Crippen molar-refractivity contribution < 1.29 is 4.79 Å². The second-order valence-electron chi connectivity index (χ2n) is 7.49. The minimum atomic E-state index is -0.317. The lowest BCUT2D eigenvalue weighted by Gasteiger charge is -2.12. The van der Waals surface area contributed by atoms with Crippen LogP contribution in [0, 0.1) is 13.8 Å². The smallest absolute Gasteiger partial charge is 0.291 e. The number of amides is 1. The Morgan fingerprint density at radius 3 is 2.72 bits per heavy atom. The van der Waals surface area contributed by atoms with Crippen molar-refractivity contribution in [2.45, 2.75) is 40.2 Å². The number of carbonyl (C=O) groups is 1. The molecule has 29 heavy (non-hydrogen) atoms. The molecule has 0 aliphatic heterocycles. The van der Waals surface area contributed by atoms with Crippen molar-refractivity contribution in [2.75, 3.05) is 0 Å². The van der Waals surface area contributed by atoms with Gasteiger partial charge in [-0.25, -0.2) is 14.6 Å². The molecule has 0 fully saturated rings. The number of aromatic nitrogens is 5. The summed E-state index contributed by atoms with van der Waals surface area (Å²) in [5, 5.41) is 7.32. The van der Waals surface area contributed by atoms with Crippen LogP contribution in [-0.4, -0.2) is 30.1 Å². The lowest BCUT2D eigenvalue weighted by atomic mass is 10.0. The van der Waals surface area contributed by atoms with E-state index in [0.29, 0.717) is 18.3 Å². The third-order valence-corrected chi connectivity index (χ3v) is 4.85. The van der Waals surface area contributed by atoms with Crippen LogP contribution in [0.25, 0.3) is 11.3 Å². The molecule has 3 aromatic heterocycles. The first kappa shape index (κ1) is 18.9. The fourth-order valence-corrected chi connectivity index (χ4v) is 3.35. The summed E-state index contributed by atoms with van der Waals surface area (Å²) in [6.07, 6.45) is 3.87. The average Bonchev–Trinajstić information content (AvgIpc) is 3.28. The third-order valence-electron chi connectivity index (χ3n) is 4.85. The molecule has 0 radical (unpaired) electrons. The Bertz CT molecular complexity index is 1190. The van der Waals surface area contributed by atoms with Gasteiger partial charge in [0.15, 0.2) is 0 Å². The number of nitrogens with one attached hydrogen (secondary N) is 1. The standard InChI is InChI=1S/C22H24N6O/c1-14(2)18-7-5-6-8-19(18)28-16(4)24-21(26-28)22(29)23-12-17-13-27-10-9-15(3)11-20(27)25-17/h5-11,13-14H,12H2,1-4H3,(H,23,29). The van der Waals surface area contributed by atoms with Gasteiger partial charge in [0, 0.05) is 12.4 Å². The third kappa shape index (κ3) is 3.76. The minimum Gasteiger partial charge on any atom is -0.344 e. The van der Waals surface area contributed by atoms with Gasteiger partial charge in [-0.05, 0) is 49.1 Å². The van der Waals surface area contributed by atoms with Gasteiger partial charge in [0.1, 0.15) is 11.5 Å². The summed E-state index contributed by atoms with van der Waals surface area (Å²) in [7, 11) is 0. The molecule has 1 aromatic carbocycles. The highest BCUT2D eigenvalue weighted by molar-refractivity contribution is 5.90. The summed E-state index contributed by atoms with van der Waals surface area (Å²) in [5.74, 6) is 0.847. The molecule has 1 N–H and O–H groups in total. The Hall–Kier alpha value is -3.48. The zero-order valence-corrected chi connectivity index (χ0v) is 17.0. The van der Waals surface area contributed by atoms with E-state index in [-0.39, 0.29) is 11.7 Å². The van der Waals surface area contributed by atoms with Crippen molar-refractivity contribution in [1.82, 2.24) is 29.5 Å². The number of rotatable bonds is 5. The van der Waals surface area contributed by atoms with Crippen molar-refractivity contribution in [3.8, 4) is 5.69 Å². The molecular formula is C22H24N6O. The molecule has 0 saturated heterocycles. The highest BCUT2D eigenvalue weighted by Crippen LogP contribution is 2.23. The number of aryl methyl sites for hydroxylation is 2. The number of fused-ring (bicyclic) bond motifs is 1. The Labute approximate surface area is 169 Å². The number of hydrogen-bond donors (Lipinski definition) is 1. The molecule has 7 nitrogen and oxygen atoms in total. The first-order valence-corrected chi connectivity index (χ1v) is 9.68. The largest absolute Gasteiger partial charge is 0.344 e. The minimum absolute atomic E-state index is 0.153. The average molecular weight is 388 g/mol. The molecule has 1 amide bonds. The molecule has 148 valence electrons. The second kappa shape index (κ2) is 7.50. The van der Waals surface area contributed by atoms with Gasteiger partial charge in [0.2, 0.25) is 5.82 Å². The molecule has 0 aliphatic carbocycles. The van der Waals surface area contributed by atoms with Crippen LogP contribution in [0.3, 0.4) is 0 Å². The van der Waals surface area contributed by atoms with E-state index in [1.165, 1.54) is 0 Å². The summed E-state index contributed by atoms with van der Waals surface area (Å²) in [4.78, 5) is 21.5. The van der Waals surface area contributed by atoms with Gasteiger partial charge in [0.05, 0.1) is 17.9 Å².